The minimum atomic E-state index is -4.06. The van der Waals surface area contributed by atoms with Gasteiger partial charge in [0.1, 0.15) is 0 Å². The van der Waals surface area contributed by atoms with Crippen LogP contribution in [0.4, 0.5) is 4.39 Å². The van der Waals surface area contributed by atoms with Crippen LogP contribution >= 0.6 is 0 Å². The fraction of sp³-hybridized carbons (Fsp3) is 1.00. The topological polar surface area (TPSA) is 43.4 Å². The summed E-state index contributed by atoms with van der Waals surface area (Å²) in [6.45, 7) is 4.60. The average Bonchev–Trinajstić information content (AvgIpc) is 2.88. The Balaban J connectivity index is 0. The Morgan fingerprint density at radius 2 is 0.737 bits per heavy atom. The first-order valence-corrected chi connectivity index (χ1v) is 18.0. The zero-order valence-electron chi connectivity index (χ0n) is 25.1. The van der Waals surface area contributed by atoms with Gasteiger partial charge in [-0.2, -0.15) is 8.42 Å². The van der Waals surface area contributed by atoms with E-state index in [0.717, 1.165) is 25.7 Å². The Morgan fingerprint density at radius 3 is 1.05 bits per heavy atom. The molecule has 0 aliphatic carbocycles. The molecule has 6 heteroatoms. The summed E-state index contributed by atoms with van der Waals surface area (Å²) in [5.41, 5.74) is -1.87. The van der Waals surface area contributed by atoms with Crippen LogP contribution in [0.5, 0.6) is 0 Å². The van der Waals surface area contributed by atoms with E-state index in [9.17, 15) is 12.8 Å². The molecule has 0 amide bonds. The van der Waals surface area contributed by atoms with Crippen LogP contribution < -0.4 is 0 Å². The summed E-state index contributed by atoms with van der Waals surface area (Å²) in [6.07, 6.45) is 33.6. The summed E-state index contributed by atoms with van der Waals surface area (Å²) in [5.74, 6) is 0. The van der Waals surface area contributed by atoms with Gasteiger partial charge < -0.3 is 0 Å². The summed E-state index contributed by atoms with van der Waals surface area (Å²) in [4.78, 5) is 0. The van der Waals surface area contributed by atoms with Crippen molar-refractivity contribution in [1.29, 1.82) is 0 Å². The van der Waals surface area contributed by atoms with Crippen LogP contribution in [0.25, 0.3) is 0 Å². The SMILES string of the molecule is CCCCCCCCCCCCCCCCCCCCCOS(=O)(=O)C(F)CCCCCCCCCC.[NaH]. The van der Waals surface area contributed by atoms with Crippen LogP contribution in [0.1, 0.15) is 194 Å². The summed E-state index contributed by atoms with van der Waals surface area (Å²) in [6, 6.07) is 0. The molecule has 0 aromatic heterocycles. The molecular formula is C32H66FNaO3S. The molecule has 0 aromatic rings. The second-order valence-corrected chi connectivity index (χ2v) is 13.1. The molecule has 38 heavy (non-hydrogen) atoms. The molecular weight excluding hydrogens is 506 g/mol. The van der Waals surface area contributed by atoms with E-state index in [4.69, 9.17) is 4.18 Å². The Labute approximate surface area is 261 Å². The summed E-state index contributed by atoms with van der Waals surface area (Å²) in [5, 5.41) is 0. The van der Waals surface area contributed by atoms with Gasteiger partial charge in [-0.25, -0.2) is 4.39 Å². The number of halogens is 1. The van der Waals surface area contributed by atoms with Crippen molar-refractivity contribution in [2.45, 2.75) is 199 Å². The van der Waals surface area contributed by atoms with Gasteiger partial charge in [-0.3, -0.25) is 4.18 Å². The van der Waals surface area contributed by atoms with Crippen LogP contribution in [-0.4, -0.2) is 50.1 Å². The molecule has 1 atom stereocenters. The van der Waals surface area contributed by atoms with Crippen LogP contribution in [-0.2, 0) is 14.3 Å². The number of hydrogen-bond donors (Lipinski definition) is 0. The molecule has 226 valence electrons. The van der Waals surface area contributed by atoms with Crippen LogP contribution in [0.2, 0.25) is 0 Å². The van der Waals surface area contributed by atoms with Crippen LogP contribution in [0.3, 0.4) is 0 Å². The van der Waals surface area contributed by atoms with Gasteiger partial charge in [0.15, 0.2) is 0 Å². The Kier molecular flexibility index (Phi) is 34.9. The maximum atomic E-state index is 14.1. The molecule has 3 nitrogen and oxygen atoms in total. The van der Waals surface area contributed by atoms with Crippen molar-refractivity contribution in [3.63, 3.8) is 0 Å². The Bertz CT molecular complexity index is 545. The molecule has 0 rings (SSSR count). The van der Waals surface area contributed by atoms with Crippen molar-refractivity contribution in [1.82, 2.24) is 0 Å². The van der Waals surface area contributed by atoms with Gasteiger partial charge in [0.05, 0.1) is 6.61 Å². The van der Waals surface area contributed by atoms with E-state index >= 15 is 0 Å². The zero-order chi connectivity index (χ0) is 27.3. The number of unbranched alkanes of at least 4 members (excludes halogenated alkanes) is 25. The molecule has 0 aliphatic heterocycles. The molecule has 0 aromatic carbocycles. The molecule has 0 bridgehead atoms. The van der Waals surface area contributed by atoms with Crippen molar-refractivity contribution >= 4 is 39.7 Å². The molecule has 0 spiro atoms. The zero-order valence-corrected chi connectivity index (χ0v) is 25.9. The second kappa shape index (κ2) is 32.4. The third-order valence-corrected chi connectivity index (χ3v) is 8.95. The van der Waals surface area contributed by atoms with E-state index in [2.05, 4.69) is 13.8 Å². The predicted octanol–water partition coefficient (Wildman–Crippen LogP) is 10.9. The maximum absolute atomic E-state index is 14.1. The summed E-state index contributed by atoms with van der Waals surface area (Å²) < 4.78 is 43.0. The third kappa shape index (κ3) is 29.8. The number of hydrogen-bond acceptors (Lipinski definition) is 3. The first-order valence-electron chi connectivity index (χ1n) is 16.6. The fourth-order valence-corrected chi connectivity index (χ4v) is 5.97. The van der Waals surface area contributed by atoms with E-state index in [-0.39, 0.29) is 42.6 Å². The Morgan fingerprint density at radius 1 is 0.474 bits per heavy atom. The first-order chi connectivity index (χ1) is 18.0. The van der Waals surface area contributed by atoms with Gasteiger partial charge in [-0.05, 0) is 19.3 Å². The van der Waals surface area contributed by atoms with Gasteiger partial charge in [0.2, 0.25) is 5.50 Å². The van der Waals surface area contributed by atoms with E-state index in [1.807, 2.05) is 0 Å². The van der Waals surface area contributed by atoms with Crippen LogP contribution in [0, 0.1) is 0 Å². The monoisotopic (exact) mass is 572 g/mol. The minimum absolute atomic E-state index is 0. The van der Waals surface area contributed by atoms with Gasteiger partial charge in [-0.1, -0.05) is 174 Å². The van der Waals surface area contributed by atoms with Crippen molar-refractivity contribution < 1.29 is 17.0 Å². The molecule has 0 aliphatic rings. The second-order valence-electron chi connectivity index (χ2n) is 11.4. The van der Waals surface area contributed by atoms with Crippen molar-refractivity contribution in [2.75, 3.05) is 6.61 Å². The average molecular weight is 573 g/mol. The predicted molar refractivity (Wildman–Crippen MR) is 168 cm³/mol. The van der Waals surface area contributed by atoms with Gasteiger partial charge in [0, 0.05) is 0 Å². The number of rotatable bonds is 31. The fourth-order valence-electron chi connectivity index (χ4n) is 5.01. The third-order valence-electron chi connectivity index (χ3n) is 7.59. The first kappa shape index (κ1) is 41.0. The van der Waals surface area contributed by atoms with E-state index in [1.54, 1.807) is 0 Å². The van der Waals surface area contributed by atoms with Crippen LogP contribution in [0.15, 0.2) is 0 Å². The van der Waals surface area contributed by atoms with E-state index in [1.165, 1.54) is 135 Å². The quantitative estimate of drug-likeness (QED) is 0.0471. The van der Waals surface area contributed by atoms with Gasteiger partial charge >= 0.3 is 29.6 Å². The molecule has 0 saturated carbocycles. The van der Waals surface area contributed by atoms with Gasteiger partial charge in [0.25, 0.3) is 10.1 Å². The van der Waals surface area contributed by atoms with E-state index in [0.29, 0.717) is 12.8 Å². The van der Waals surface area contributed by atoms with Crippen molar-refractivity contribution in [3.05, 3.63) is 0 Å². The molecule has 1 unspecified atom stereocenters. The normalized spacial score (nSPS) is 12.5. The van der Waals surface area contributed by atoms with Crippen molar-refractivity contribution in [3.8, 4) is 0 Å². The number of alkyl halides is 1. The molecule has 0 radical (unpaired) electrons. The van der Waals surface area contributed by atoms with Gasteiger partial charge in [-0.15, -0.1) is 0 Å². The molecule has 0 saturated heterocycles. The Hall–Kier alpha value is 0.840. The summed E-state index contributed by atoms with van der Waals surface area (Å²) >= 11 is 0. The summed E-state index contributed by atoms with van der Waals surface area (Å²) in [7, 11) is -4.06. The molecule has 0 heterocycles. The van der Waals surface area contributed by atoms with Crippen molar-refractivity contribution in [2.24, 2.45) is 0 Å². The molecule has 0 N–H and O–H groups in total. The van der Waals surface area contributed by atoms with E-state index < -0.39 is 15.6 Å². The standard InChI is InChI=1S/C32H65FO3S.Na.H/c1-3-5-7-9-11-13-14-15-16-17-18-19-20-21-22-23-25-27-29-31-36-37(34,35)32(33)30-28-26-24-12-10-8-6-4-2;;/h32H,3-31H2,1-2H3;;. The molecule has 0 fully saturated rings.